The predicted molar refractivity (Wildman–Crippen MR) is 122 cm³/mol. The van der Waals surface area contributed by atoms with E-state index < -0.39 is 0 Å². The van der Waals surface area contributed by atoms with Crippen molar-refractivity contribution in [2.45, 2.75) is 25.7 Å². The molecule has 168 valence electrons. The molecule has 1 amide bonds. The van der Waals surface area contributed by atoms with Gasteiger partial charge in [0.1, 0.15) is 11.6 Å². The molecule has 1 aromatic carbocycles. The summed E-state index contributed by atoms with van der Waals surface area (Å²) in [6, 6.07) is 10.0. The lowest BCUT2D eigenvalue weighted by atomic mass is 9.97. The number of nitrogens with zero attached hydrogens (tertiary/aromatic N) is 5. The fourth-order valence-corrected chi connectivity index (χ4v) is 4.37. The van der Waals surface area contributed by atoms with Gasteiger partial charge in [-0.2, -0.15) is 5.10 Å². The highest BCUT2D eigenvalue weighted by atomic mass is 19.1. The Morgan fingerprint density at radius 2 is 2.06 bits per heavy atom. The van der Waals surface area contributed by atoms with E-state index in [4.69, 9.17) is 14.8 Å². The van der Waals surface area contributed by atoms with Crippen LogP contribution in [0.3, 0.4) is 0 Å². The van der Waals surface area contributed by atoms with Gasteiger partial charge in [0, 0.05) is 48.7 Å². The van der Waals surface area contributed by atoms with E-state index in [-0.39, 0.29) is 17.6 Å². The van der Waals surface area contributed by atoms with Crippen molar-refractivity contribution in [1.29, 1.82) is 0 Å². The van der Waals surface area contributed by atoms with Crippen LogP contribution >= 0.6 is 0 Å². The minimum Gasteiger partial charge on any atom is -0.496 e. The van der Waals surface area contributed by atoms with E-state index in [0.717, 1.165) is 24.0 Å². The molecule has 1 fully saturated rings. The minimum absolute atomic E-state index is 0.0138. The quantitative estimate of drug-likeness (QED) is 0.469. The lowest BCUT2D eigenvalue weighted by molar-refractivity contribution is 0.0704. The van der Waals surface area contributed by atoms with Crippen LogP contribution in [0.25, 0.3) is 16.8 Å². The van der Waals surface area contributed by atoms with Crippen LogP contribution in [0.4, 0.5) is 4.39 Å². The number of aryl methyl sites for hydroxylation is 1. The SMILES string of the molecule is COc1ccc(F)cc1-c1ccc2nc(C3CCCN(C(=O)c4cncc(C)c4)C3)nn2c1. The number of halogens is 1. The van der Waals surface area contributed by atoms with Gasteiger partial charge < -0.3 is 9.64 Å². The fourth-order valence-electron chi connectivity index (χ4n) is 4.37. The molecule has 5 rings (SSSR count). The Kier molecular flexibility index (Phi) is 5.50. The van der Waals surface area contributed by atoms with Gasteiger partial charge in [0.05, 0.1) is 12.7 Å². The van der Waals surface area contributed by atoms with E-state index >= 15 is 0 Å². The zero-order valence-corrected chi connectivity index (χ0v) is 18.5. The number of amides is 1. The van der Waals surface area contributed by atoms with Crippen molar-refractivity contribution >= 4 is 11.6 Å². The van der Waals surface area contributed by atoms with Crippen molar-refractivity contribution in [1.82, 2.24) is 24.5 Å². The van der Waals surface area contributed by atoms with Crippen molar-refractivity contribution in [3.8, 4) is 16.9 Å². The molecule has 33 heavy (non-hydrogen) atoms. The Labute approximate surface area is 190 Å². The van der Waals surface area contributed by atoms with Crippen LogP contribution in [0.1, 0.15) is 40.5 Å². The maximum atomic E-state index is 13.9. The molecule has 1 aliphatic rings. The van der Waals surface area contributed by atoms with Crippen molar-refractivity contribution in [2.24, 2.45) is 0 Å². The fraction of sp³-hybridized carbons (Fsp3) is 0.280. The smallest absolute Gasteiger partial charge is 0.255 e. The molecule has 0 bridgehead atoms. The number of likely N-dealkylation sites (tertiary alicyclic amines) is 1. The first-order valence-corrected chi connectivity index (χ1v) is 10.9. The number of carbonyl (C=O) groups is 1. The van der Waals surface area contributed by atoms with Crippen molar-refractivity contribution in [3.63, 3.8) is 0 Å². The number of carbonyl (C=O) groups excluding carboxylic acids is 1. The molecule has 3 aromatic heterocycles. The number of piperidine rings is 1. The second-order valence-electron chi connectivity index (χ2n) is 8.38. The van der Waals surface area contributed by atoms with E-state index in [1.165, 1.54) is 12.1 Å². The first-order chi connectivity index (χ1) is 16.0. The molecule has 0 N–H and O–H groups in total. The largest absolute Gasteiger partial charge is 0.496 e. The van der Waals surface area contributed by atoms with Gasteiger partial charge in [0.15, 0.2) is 11.5 Å². The van der Waals surface area contributed by atoms with Crippen LogP contribution in [0.5, 0.6) is 5.75 Å². The molecule has 4 aromatic rings. The Hall–Kier alpha value is -3.81. The van der Waals surface area contributed by atoms with E-state index in [2.05, 4.69) is 4.98 Å². The molecule has 0 radical (unpaired) electrons. The number of ether oxygens (including phenoxy) is 1. The molecule has 1 saturated heterocycles. The molecule has 0 saturated carbocycles. The molecule has 1 aliphatic heterocycles. The van der Waals surface area contributed by atoms with Gasteiger partial charge in [-0.15, -0.1) is 0 Å². The number of methoxy groups -OCH3 is 1. The second-order valence-corrected chi connectivity index (χ2v) is 8.38. The summed E-state index contributed by atoms with van der Waals surface area (Å²) in [5.41, 5.74) is 3.70. The van der Waals surface area contributed by atoms with Crippen molar-refractivity contribution in [3.05, 3.63) is 77.8 Å². The van der Waals surface area contributed by atoms with Crippen LogP contribution in [-0.4, -0.2) is 50.6 Å². The Morgan fingerprint density at radius 3 is 2.88 bits per heavy atom. The van der Waals surface area contributed by atoms with E-state index in [1.807, 2.05) is 36.2 Å². The highest BCUT2D eigenvalue weighted by Crippen LogP contribution is 2.31. The lowest BCUT2D eigenvalue weighted by Gasteiger charge is -2.31. The van der Waals surface area contributed by atoms with Gasteiger partial charge in [0.2, 0.25) is 0 Å². The summed E-state index contributed by atoms with van der Waals surface area (Å²) in [5, 5.41) is 4.70. The van der Waals surface area contributed by atoms with E-state index in [0.29, 0.717) is 41.4 Å². The monoisotopic (exact) mass is 445 g/mol. The first-order valence-electron chi connectivity index (χ1n) is 10.9. The summed E-state index contributed by atoms with van der Waals surface area (Å²) in [6.45, 7) is 3.20. The van der Waals surface area contributed by atoms with Gasteiger partial charge in [-0.25, -0.2) is 13.9 Å². The molecule has 0 aliphatic carbocycles. The van der Waals surface area contributed by atoms with Crippen LogP contribution < -0.4 is 4.74 Å². The zero-order valence-electron chi connectivity index (χ0n) is 18.5. The van der Waals surface area contributed by atoms with E-state index in [1.54, 1.807) is 30.1 Å². The van der Waals surface area contributed by atoms with Crippen LogP contribution in [0.15, 0.2) is 55.0 Å². The third-order valence-electron chi connectivity index (χ3n) is 6.02. The van der Waals surface area contributed by atoms with Gasteiger partial charge in [-0.1, -0.05) is 0 Å². The normalized spacial score (nSPS) is 16.2. The summed E-state index contributed by atoms with van der Waals surface area (Å²) in [7, 11) is 1.56. The highest BCUT2D eigenvalue weighted by Gasteiger charge is 2.28. The van der Waals surface area contributed by atoms with Crippen LogP contribution in [0, 0.1) is 12.7 Å². The summed E-state index contributed by atoms with van der Waals surface area (Å²) in [4.78, 5) is 23.7. The van der Waals surface area contributed by atoms with E-state index in [9.17, 15) is 9.18 Å². The molecule has 0 spiro atoms. The number of hydrogen-bond acceptors (Lipinski definition) is 5. The van der Waals surface area contributed by atoms with Crippen LogP contribution in [0.2, 0.25) is 0 Å². The van der Waals surface area contributed by atoms with Crippen LogP contribution in [-0.2, 0) is 0 Å². The van der Waals surface area contributed by atoms with Gasteiger partial charge >= 0.3 is 0 Å². The van der Waals surface area contributed by atoms with Crippen molar-refractivity contribution < 1.29 is 13.9 Å². The summed E-state index contributed by atoms with van der Waals surface area (Å²) in [5.74, 6) is 0.995. The predicted octanol–water partition coefficient (Wildman–Crippen LogP) is 4.27. The standard InChI is InChI=1S/C25H24FN5O2/c1-16-10-19(13-27-12-16)25(32)30-9-3-4-18(14-30)24-28-23-8-5-17(15-31(23)29-24)21-11-20(26)6-7-22(21)33-2/h5-8,10-13,15,18H,3-4,9,14H2,1-2H3. The zero-order chi connectivity index (χ0) is 22.9. The number of hydrogen-bond donors (Lipinski definition) is 0. The van der Waals surface area contributed by atoms with Gasteiger partial charge in [-0.3, -0.25) is 9.78 Å². The second kappa shape index (κ2) is 8.61. The average Bonchev–Trinajstić information content (AvgIpc) is 3.27. The number of benzene rings is 1. The third kappa shape index (κ3) is 4.16. The maximum Gasteiger partial charge on any atom is 0.255 e. The molecular weight excluding hydrogens is 421 g/mol. The molecular formula is C25H24FN5O2. The minimum atomic E-state index is -0.332. The maximum absolute atomic E-state index is 13.9. The summed E-state index contributed by atoms with van der Waals surface area (Å²) in [6.07, 6.45) is 6.98. The number of pyridine rings is 2. The molecule has 1 unspecified atom stereocenters. The summed E-state index contributed by atoms with van der Waals surface area (Å²) >= 11 is 0. The Balaban J connectivity index is 1.41. The molecule has 1 atom stereocenters. The number of fused-ring (bicyclic) bond motifs is 1. The van der Waals surface area contributed by atoms with Gasteiger partial charge in [-0.05, 0) is 61.7 Å². The Morgan fingerprint density at radius 1 is 1.18 bits per heavy atom. The number of rotatable bonds is 4. The third-order valence-corrected chi connectivity index (χ3v) is 6.02. The first kappa shape index (κ1) is 21.1. The topological polar surface area (TPSA) is 72.6 Å². The van der Waals surface area contributed by atoms with Gasteiger partial charge in [0.25, 0.3) is 5.91 Å². The molecule has 8 heteroatoms. The molecule has 4 heterocycles. The molecule has 7 nitrogen and oxygen atoms in total. The summed E-state index contributed by atoms with van der Waals surface area (Å²) < 4.78 is 21.0. The average molecular weight is 445 g/mol. The Bertz CT molecular complexity index is 1340. The number of aromatic nitrogens is 4. The highest BCUT2D eigenvalue weighted by molar-refractivity contribution is 5.94. The lowest BCUT2D eigenvalue weighted by Crippen LogP contribution is -2.39. The van der Waals surface area contributed by atoms with Crippen molar-refractivity contribution in [2.75, 3.05) is 20.2 Å².